The molecule has 0 bridgehead atoms. The van der Waals surface area contributed by atoms with Gasteiger partial charge in [-0.3, -0.25) is 19.3 Å². The van der Waals surface area contributed by atoms with Crippen LogP contribution in [0.3, 0.4) is 0 Å². The monoisotopic (exact) mass is 441 g/mol. The van der Waals surface area contributed by atoms with Gasteiger partial charge in [-0.25, -0.2) is 8.42 Å². The molecule has 0 saturated carbocycles. The van der Waals surface area contributed by atoms with E-state index in [9.17, 15) is 13.2 Å². The van der Waals surface area contributed by atoms with E-state index in [0.717, 1.165) is 5.56 Å². The van der Waals surface area contributed by atoms with E-state index >= 15 is 0 Å². The lowest BCUT2D eigenvalue weighted by Gasteiger charge is -2.12. The third kappa shape index (κ3) is 3.86. The van der Waals surface area contributed by atoms with Crippen LogP contribution in [0, 0.1) is 13.8 Å². The predicted molar refractivity (Wildman–Crippen MR) is 120 cm³/mol. The molecule has 1 aromatic heterocycles. The van der Waals surface area contributed by atoms with Crippen molar-refractivity contribution in [3.63, 3.8) is 0 Å². The van der Waals surface area contributed by atoms with Crippen LogP contribution in [0.4, 0.5) is 5.69 Å². The zero-order valence-electron chi connectivity index (χ0n) is 16.4. The third-order valence-corrected chi connectivity index (χ3v) is 6.88. The smallest absolute Gasteiger partial charge is 0.272 e. The van der Waals surface area contributed by atoms with Gasteiger partial charge in [0.2, 0.25) is 0 Å². The number of aromatic nitrogens is 2. The Hall–Kier alpha value is -3.03. The van der Waals surface area contributed by atoms with E-state index in [1.807, 2.05) is 30.3 Å². The summed E-state index contributed by atoms with van der Waals surface area (Å²) in [4.78, 5) is 12.6. The summed E-state index contributed by atoms with van der Waals surface area (Å²) in [5, 5.41) is 3.74. The van der Waals surface area contributed by atoms with E-state index in [1.54, 1.807) is 48.9 Å². The fourth-order valence-corrected chi connectivity index (χ4v) is 4.98. The molecule has 0 aliphatic heterocycles. The van der Waals surface area contributed by atoms with Gasteiger partial charge in [-0.2, -0.15) is 0 Å². The Morgan fingerprint density at radius 2 is 1.73 bits per heavy atom. The minimum absolute atomic E-state index is 0.153. The van der Waals surface area contributed by atoms with Crippen LogP contribution in [0.2, 0.25) is 5.02 Å². The number of aryl methyl sites for hydroxylation is 2. The highest BCUT2D eigenvalue weighted by molar-refractivity contribution is 7.92. The van der Waals surface area contributed by atoms with Crippen molar-refractivity contribution >= 4 is 38.2 Å². The summed E-state index contributed by atoms with van der Waals surface area (Å²) in [5.74, 6) is 0. The Morgan fingerprint density at radius 3 is 2.47 bits per heavy atom. The van der Waals surface area contributed by atoms with Crippen LogP contribution in [-0.4, -0.2) is 18.2 Å². The van der Waals surface area contributed by atoms with E-state index in [1.165, 1.54) is 0 Å². The van der Waals surface area contributed by atoms with Gasteiger partial charge in [0.05, 0.1) is 22.3 Å². The molecule has 4 aromatic rings. The predicted octanol–water partition coefficient (Wildman–Crippen LogP) is 4.45. The van der Waals surface area contributed by atoms with Gasteiger partial charge in [0.1, 0.15) is 0 Å². The molecule has 154 valence electrons. The number of nitrogens with zero attached hydrogens (tertiary/aromatic N) is 1. The van der Waals surface area contributed by atoms with E-state index in [2.05, 4.69) is 9.82 Å². The lowest BCUT2D eigenvalue weighted by Crippen LogP contribution is -2.14. The molecule has 0 aliphatic carbocycles. The van der Waals surface area contributed by atoms with Crippen LogP contribution >= 0.6 is 11.6 Å². The summed E-state index contributed by atoms with van der Waals surface area (Å²) in [7, 11) is -3.83. The Kier molecular flexibility index (Phi) is 5.17. The minimum atomic E-state index is -3.83. The van der Waals surface area contributed by atoms with E-state index in [4.69, 9.17) is 11.6 Å². The summed E-state index contributed by atoms with van der Waals surface area (Å²) < 4.78 is 30.1. The van der Waals surface area contributed by atoms with Crippen molar-refractivity contribution in [3.8, 4) is 0 Å². The first kappa shape index (κ1) is 20.3. The maximum atomic E-state index is 12.9. The first-order valence-electron chi connectivity index (χ1n) is 9.31. The summed E-state index contributed by atoms with van der Waals surface area (Å²) in [5.41, 5.74) is 3.01. The second-order valence-electron chi connectivity index (χ2n) is 7.22. The molecule has 1 heterocycles. The normalized spacial score (nSPS) is 11.7. The first-order chi connectivity index (χ1) is 14.2. The summed E-state index contributed by atoms with van der Waals surface area (Å²) in [6.07, 6.45) is 0. The van der Waals surface area contributed by atoms with Gasteiger partial charge in [0.25, 0.3) is 15.6 Å². The molecule has 0 aliphatic rings. The number of anilines is 1. The van der Waals surface area contributed by atoms with Gasteiger partial charge in [-0.1, -0.05) is 41.9 Å². The maximum absolute atomic E-state index is 12.9. The van der Waals surface area contributed by atoms with Crippen LogP contribution in [-0.2, 0) is 16.6 Å². The molecule has 30 heavy (non-hydrogen) atoms. The Balaban J connectivity index is 1.68. The number of H-pyrrole nitrogens is 1. The van der Waals surface area contributed by atoms with Gasteiger partial charge < -0.3 is 0 Å². The summed E-state index contributed by atoms with van der Waals surface area (Å²) >= 11 is 6.08. The molecule has 0 atom stereocenters. The molecule has 6 nitrogen and oxygen atoms in total. The second-order valence-corrected chi connectivity index (χ2v) is 9.28. The molecule has 0 radical (unpaired) electrons. The Labute approximate surface area is 179 Å². The number of hydrogen-bond acceptors (Lipinski definition) is 3. The number of hydrogen-bond donors (Lipinski definition) is 2. The largest absolute Gasteiger partial charge is 0.280 e. The van der Waals surface area contributed by atoms with E-state index in [0.29, 0.717) is 39.3 Å². The van der Waals surface area contributed by atoms with Gasteiger partial charge in [-0.15, -0.1) is 0 Å². The molecular weight excluding hydrogens is 422 g/mol. The molecule has 0 amide bonds. The standard InChI is InChI=1S/C22H20ClN3O3S/c1-14-11-21(15(2)10-19(14)23)30(28,29)25-17-8-9-20-18(12-17)22(27)24-26(20)13-16-6-4-3-5-7-16/h3-12,25H,13H2,1-2H3,(H,24,27). The van der Waals surface area contributed by atoms with Gasteiger partial charge in [0, 0.05) is 10.7 Å². The fourth-order valence-electron chi connectivity index (χ4n) is 3.40. The third-order valence-electron chi connectivity index (χ3n) is 4.95. The van der Waals surface area contributed by atoms with Crippen molar-refractivity contribution in [1.82, 2.24) is 9.78 Å². The van der Waals surface area contributed by atoms with Crippen molar-refractivity contribution < 1.29 is 8.42 Å². The molecule has 4 rings (SSSR count). The zero-order chi connectivity index (χ0) is 21.5. The van der Waals surface area contributed by atoms with Crippen molar-refractivity contribution in [2.24, 2.45) is 0 Å². The molecule has 0 fully saturated rings. The van der Waals surface area contributed by atoms with Gasteiger partial charge in [-0.05, 0) is 60.9 Å². The minimum Gasteiger partial charge on any atom is -0.280 e. The Bertz CT molecular complexity index is 1410. The molecule has 2 N–H and O–H groups in total. The molecule has 3 aromatic carbocycles. The zero-order valence-corrected chi connectivity index (χ0v) is 18.0. The maximum Gasteiger partial charge on any atom is 0.272 e. The van der Waals surface area contributed by atoms with Crippen molar-refractivity contribution in [3.05, 3.63) is 92.7 Å². The highest BCUT2D eigenvalue weighted by atomic mass is 35.5. The number of nitrogens with one attached hydrogen (secondary N) is 2. The van der Waals surface area contributed by atoms with Crippen LogP contribution in [0.25, 0.3) is 10.9 Å². The number of sulfonamides is 1. The number of aromatic amines is 1. The lowest BCUT2D eigenvalue weighted by atomic mass is 10.2. The average Bonchev–Trinajstić information content (AvgIpc) is 3.00. The number of fused-ring (bicyclic) bond motifs is 1. The van der Waals surface area contributed by atoms with Crippen molar-refractivity contribution in [1.29, 1.82) is 0 Å². The van der Waals surface area contributed by atoms with Crippen LogP contribution < -0.4 is 10.3 Å². The quantitative estimate of drug-likeness (QED) is 0.480. The fraction of sp³-hybridized carbons (Fsp3) is 0.136. The molecular formula is C22H20ClN3O3S. The van der Waals surface area contributed by atoms with Crippen LogP contribution in [0.5, 0.6) is 0 Å². The topological polar surface area (TPSA) is 84.0 Å². The highest BCUT2D eigenvalue weighted by Gasteiger charge is 2.19. The Morgan fingerprint density at radius 1 is 1.00 bits per heavy atom. The number of rotatable bonds is 5. The first-order valence-corrected chi connectivity index (χ1v) is 11.2. The summed E-state index contributed by atoms with van der Waals surface area (Å²) in [6, 6.07) is 17.9. The van der Waals surface area contributed by atoms with E-state index < -0.39 is 10.0 Å². The van der Waals surface area contributed by atoms with Gasteiger partial charge >= 0.3 is 0 Å². The lowest BCUT2D eigenvalue weighted by molar-refractivity contribution is 0.600. The molecule has 0 saturated heterocycles. The number of benzene rings is 3. The average molecular weight is 442 g/mol. The molecule has 0 unspecified atom stereocenters. The molecule has 8 heteroatoms. The van der Waals surface area contributed by atoms with E-state index in [-0.39, 0.29) is 10.5 Å². The molecule has 0 spiro atoms. The second kappa shape index (κ2) is 7.66. The van der Waals surface area contributed by atoms with Crippen LogP contribution in [0.1, 0.15) is 16.7 Å². The summed E-state index contributed by atoms with van der Waals surface area (Å²) in [6.45, 7) is 3.95. The van der Waals surface area contributed by atoms with Crippen LogP contribution in [0.15, 0.2) is 70.4 Å². The van der Waals surface area contributed by atoms with Crippen molar-refractivity contribution in [2.45, 2.75) is 25.3 Å². The highest BCUT2D eigenvalue weighted by Crippen LogP contribution is 2.26. The van der Waals surface area contributed by atoms with Gasteiger partial charge in [0.15, 0.2) is 0 Å². The number of halogens is 1. The SMILES string of the molecule is Cc1cc(S(=O)(=O)Nc2ccc3c(c2)c(=O)[nH]n3Cc2ccccc2)c(C)cc1Cl. The van der Waals surface area contributed by atoms with Crippen molar-refractivity contribution in [2.75, 3.05) is 4.72 Å².